The summed E-state index contributed by atoms with van der Waals surface area (Å²) < 4.78 is 0. The maximum atomic E-state index is 7.01. The molecule has 0 atom stereocenters. The van der Waals surface area contributed by atoms with E-state index in [2.05, 4.69) is 4.98 Å². The van der Waals surface area contributed by atoms with Crippen molar-refractivity contribution in [3.63, 3.8) is 0 Å². The standard InChI is InChI=1S/C6H6ClN3/c7-4-2-1-3-10-5(4)6(8)9/h1-3H,(H3,8,9). The summed E-state index contributed by atoms with van der Waals surface area (Å²) in [5.41, 5.74) is 5.49. The van der Waals surface area contributed by atoms with E-state index in [9.17, 15) is 0 Å². The molecule has 10 heavy (non-hydrogen) atoms. The maximum Gasteiger partial charge on any atom is 0.143 e. The molecule has 0 radical (unpaired) electrons. The third-order valence-corrected chi connectivity index (χ3v) is 1.32. The zero-order chi connectivity index (χ0) is 7.56. The molecule has 0 fully saturated rings. The van der Waals surface area contributed by atoms with Crippen LogP contribution in [0.1, 0.15) is 5.69 Å². The Bertz CT molecular complexity index is 259. The van der Waals surface area contributed by atoms with Crippen molar-refractivity contribution in [2.45, 2.75) is 0 Å². The monoisotopic (exact) mass is 155 g/mol. The molecule has 1 rings (SSSR count). The number of hydrogen-bond donors (Lipinski definition) is 2. The minimum absolute atomic E-state index is 0.106. The highest BCUT2D eigenvalue weighted by Gasteiger charge is 2.01. The van der Waals surface area contributed by atoms with Gasteiger partial charge in [-0.3, -0.25) is 10.4 Å². The van der Waals surface area contributed by atoms with E-state index in [1.165, 1.54) is 0 Å². The first kappa shape index (κ1) is 7.02. The molecule has 0 saturated carbocycles. The fraction of sp³-hybridized carbons (Fsp3) is 0. The molecule has 4 heteroatoms. The predicted molar refractivity (Wildman–Crippen MR) is 40.3 cm³/mol. The Labute approximate surface area is 63.3 Å². The van der Waals surface area contributed by atoms with Crippen LogP contribution in [-0.2, 0) is 0 Å². The number of nitrogen functional groups attached to an aromatic ring is 1. The van der Waals surface area contributed by atoms with E-state index < -0.39 is 0 Å². The van der Waals surface area contributed by atoms with Crippen LogP contribution in [0.25, 0.3) is 0 Å². The molecule has 0 aliphatic heterocycles. The van der Waals surface area contributed by atoms with E-state index in [1.807, 2.05) is 0 Å². The molecule has 0 amide bonds. The average Bonchev–Trinajstić information content (AvgIpc) is 1.88. The van der Waals surface area contributed by atoms with E-state index >= 15 is 0 Å². The largest absolute Gasteiger partial charge is 0.382 e. The lowest BCUT2D eigenvalue weighted by molar-refractivity contribution is 1.26. The van der Waals surface area contributed by atoms with Crippen LogP contribution in [0.15, 0.2) is 18.3 Å². The molecular formula is C6H6ClN3. The van der Waals surface area contributed by atoms with Crippen LogP contribution in [-0.4, -0.2) is 10.8 Å². The van der Waals surface area contributed by atoms with Gasteiger partial charge in [0.2, 0.25) is 0 Å². The molecule has 1 heterocycles. The molecule has 3 nitrogen and oxygen atoms in total. The number of nitrogens with one attached hydrogen (secondary N) is 1. The third kappa shape index (κ3) is 1.25. The van der Waals surface area contributed by atoms with Gasteiger partial charge in [-0.2, -0.15) is 0 Å². The van der Waals surface area contributed by atoms with Gasteiger partial charge < -0.3 is 5.73 Å². The normalized spacial score (nSPS) is 9.30. The van der Waals surface area contributed by atoms with Crippen LogP contribution in [0, 0.1) is 5.41 Å². The zero-order valence-corrected chi connectivity index (χ0v) is 5.89. The number of halogens is 1. The van der Waals surface area contributed by atoms with Crippen LogP contribution < -0.4 is 5.73 Å². The molecule has 0 aromatic carbocycles. The van der Waals surface area contributed by atoms with Crippen LogP contribution in [0.4, 0.5) is 0 Å². The second-order valence-corrected chi connectivity index (χ2v) is 2.15. The molecule has 0 bridgehead atoms. The molecule has 0 aliphatic carbocycles. The Morgan fingerprint density at radius 1 is 1.70 bits per heavy atom. The van der Waals surface area contributed by atoms with E-state index in [0.29, 0.717) is 10.7 Å². The van der Waals surface area contributed by atoms with E-state index in [-0.39, 0.29) is 5.84 Å². The van der Waals surface area contributed by atoms with Crippen LogP contribution in [0.2, 0.25) is 5.02 Å². The van der Waals surface area contributed by atoms with Gasteiger partial charge in [0, 0.05) is 6.20 Å². The minimum Gasteiger partial charge on any atom is -0.382 e. The topological polar surface area (TPSA) is 62.8 Å². The van der Waals surface area contributed by atoms with Crippen molar-refractivity contribution in [1.29, 1.82) is 5.41 Å². The number of hydrogen-bond acceptors (Lipinski definition) is 2. The Balaban J connectivity index is 3.15. The molecule has 0 aliphatic rings. The van der Waals surface area contributed by atoms with Gasteiger partial charge in [0.15, 0.2) is 0 Å². The molecule has 3 N–H and O–H groups in total. The predicted octanol–water partition coefficient (Wildman–Crippen LogP) is 1.02. The zero-order valence-electron chi connectivity index (χ0n) is 5.13. The van der Waals surface area contributed by atoms with Crippen molar-refractivity contribution in [2.24, 2.45) is 5.73 Å². The maximum absolute atomic E-state index is 7.01. The molecule has 0 unspecified atom stereocenters. The van der Waals surface area contributed by atoms with Gasteiger partial charge in [0.1, 0.15) is 11.5 Å². The Hall–Kier alpha value is -1.09. The molecule has 0 saturated heterocycles. The summed E-state index contributed by atoms with van der Waals surface area (Å²) in [6.07, 6.45) is 1.54. The summed E-state index contributed by atoms with van der Waals surface area (Å²) in [5, 5.41) is 7.42. The van der Waals surface area contributed by atoms with Crippen molar-refractivity contribution in [3.8, 4) is 0 Å². The van der Waals surface area contributed by atoms with Gasteiger partial charge in [0.05, 0.1) is 5.02 Å². The van der Waals surface area contributed by atoms with Crippen molar-refractivity contribution in [2.75, 3.05) is 0 Å². The molecule has 52 valence electrons. The first-order valence-corrected chi connectivity index (χ1v) is 3.04. The lowest BCUT2D eigenvalue weighted by Crippen LogP contribution is -2.13. The Morgan fingerprint density at radius 3 is 2.80 bits per heavy atom. The highest BCUT2D eigenvalue weighted by molar-refractivity contribution is 6.33. The molecule has 1 aromatic heterocycles. The van der Waals surface area contributed by atoms with E-state index in [4.69, 9.17) is 22.7 Å². The molecule has 0 spiro atoms. The summed E-state index contributed by atoms with van der Waals surface area (Å²) in [5.74, 6) is -0.106. The van der Waals surface area contributed by atoms with Crippen molar-refractivity contribution in [1.82, 2.24) is 4.98 Å². The minimum atomic E-state index is -0.106. The van der Waals surface area contributed by atoms with Gasteiger partial charge in [-0.25, -0.2) is 0 Å². The third-order valence-electron chi connectivity index (χ3n) is 1.01. The van der Waals surface area contributed by atoms with Crippen molar-refractivity contribution in [3.05, 3.63) is 29.0 Å². The van der Waals surface area contributed by atoms with Crippen LogP contribution in [0.3, 0.4) is 0 Å². The van der Waals surface area contributed by atoms with Gasteiger partial charge in [0.25, 0.3) is 0 Å². The summed E-state index contributed by atoms with van der Waals surface area (Å²) in [6.45, 7) is 0. The first-order valence-electron chi connectivity index (χ1n) is 2.66. The number of aromatic nitrogens is 1. The summed E-state index contributed by atoms with van der Waals surface area (Å²) in [7, 11) is 0. The van der Waals surface area contributed by atoms with Gasteiger partial charge >= 0.3 is 0 Å². The lowest BCUT2D eigenvalue weighted by Gasteiger charge is -1.96. The summed E-state index contributed by atoms with van der Waals surface area (Å²) in [6, 6.07) is 3.33. The second kappa shape index (κ2) is 2.66. The number of amidine groups is 1. The number of nitrogens with two attached hydrogens (primary N) is 1. The average molecular weight is 156 g/mol. The van der Waals surface area contributed by atoms with E-state index in [0.717, 1.165) is 0 Å². The van der Waals surface area contributed by atoms with Gasteiger partial charge in [-0.15, -0.1) is 0 Å². The van der Waals surface area contributed by atoms with E-state index in [1.54, 1.807) is 18.3 Å². The van der Waals surface area contributed by atoms with Gasteiger partial charge in [-0.05, 0) is 12.1 Å². The highest BCUT2D eigenvalue weighted by atomic mass is 35.5. The molecule has 1 aromatic rings. The Morgan fingerprint density at radius 2 is 2.40 bits per heavy atom. The first-order chi connectivity index (χ1) is 4.72. The second-order valence-electron chi connectivity index (χ2n) is 1.75. The summed E-state index contributed by atoms with van der Waals surface area (Å²) in [4.78, 5) is 3.80. The van der Waals surface area contributed by atoms with Crippen molar-refractivity contribution >= 4 is 17.4 Å². The SMILES string of the molecule is N=C(N)c1ncccc1Cl. The fourth-order valence-corrected chi connectivity index (χ4v) is 0.807. The smallest absolute Gasteiger partial charge is 0.143 e. The lowest BCUT2D eigenvalue weighted by atomic mass is 10.3. The van der Waals surface area contributed by atoms with Gasteiger partial charge in [-0.1, -0.05) is 11.6 Å². The van der Waals surface area contributed by atoms with Crippen molar-refractivity contribution < 1.29 is 0 Å². The fourth-order valence-electron chi connectivity index (χ4n) is 0.584. The summed E-state index contributed by atoms with van der Waals surface area (Å²) >= 11 is 5.64. The van der Waals surface area contributed by atoms with Crippen LogP contribution >= 0.6 is 11.6 Å². The quantitative estimate of drug-likeness (QED) is 0.470. The number of rotatable bonds is 1. The van der Waals surface area contributed by atoms with Crippen LogP contribution in [0.5, 0.6) is 0 Å². The highest BCUT2D eigenvalue weighted by Crippen LogP contribution is 2.10. The number of pyridine rings is 1. The number of nitrogens with zero attached hydrogens (tertiary/aromatic N) is 1. The Kier molecular flexibility index (Phi) is 1.87. The molecular weight excluding hydrogens is 150 g/mol.